The van der Waals surface area contributed by atoms with Crippen molar-refractivity contribution in [2.75, 3.05) is 66.6 Å². The van der Waals surface area contributed by atoms with Gasteiger partial charge in [-0.1, -0.05) is 0 Å². The van der Waals surface area contributed by atoms with Gasteiger partial charge >= 0.3 is 0 Å². The topological polar surface area (TPSA) is 212 Å². The number of amides is 2. The van der Waals surface area contributed by atoms with Gasteiger partial charge in [0.25, 0.3) is 11.8 Å². The Hall–Kier alpha value is -1.42. The summed E-state index contributed by atoms with van der Waals surface area (Å²) >= 11 is 0. The van der Waals surface area contributed by atoms with Gasteiger partial charge in [-0.3, -0.25) is 19.4 Å². The molecular formula is C12H28N2O11. The van der Waals surface area contributed by atoms with Crippen LogP contribution in [-0.4, -0.2) is 129 Å². The predicted molar refractivity (Wildman–Crippen MR) is 81.2 cm³/mol. The molecule has 0 radical (unpaired) electrons. The van der Waals surface area contributed by atoms with Crippen LogP contribution in [0, 0.1) is 0 Å². The van der Waals surface area contributed by atoms with Crippen molar-refractivity contribution in [1.29, 1.82) is 0 Å². The van der Waals surface area contributed by atoms with E-state index in [1.807, 2.05) is 0 Å². The van der Waals surface area contributed by atoms with Gasteiger partial charge in [-0.15, -0.1) is 0 Å². The minimum absolute atomic E-state index is 0.0278. The summed E-state index contributed by atoms with van der Waals surface area (Å²) in [6, 6.07) is 0. The Morgan fingerprint density at radius 1 is 0.600 bits per heavy atom. The third kappa shape index (κ3) is 18.8. The first-order valence-electron chi connectivity index (χ1n) is 6.93. The first kappa shape index (κ1) is 28.4. The molecule has 0 unspecified atom stereocenters. The highest BCUT2D eigenvalue weighted by Crippen LogP contribution is 1.83. The monoisotopic (exact) mass is 376 g/mol. The van der Waals surface area contributed by atoms with Crippen molar-refractivity contribution in [1.82, 2.24) is 9.80 Å². The molecule has 0 saturated heterocycles. The fourth-order valence-electron chi connectivity index (χ4n) is 0.836. The van der Waals surface area contributed by atoms with Crippen molar-refractivity contribution in [2.45, 2.75) is 0 Å². The van der Waals surface area contributed by atoms with Crippen molar-refractivity contribution in [3.05, 3.63) is 0 Å². The molecule has 0 aliphatic rings. The molecule has 0 bridgehead atoms. The molecule has 0 heterocycles. The summed E-state index contributed by atoms with van der Waals surface area (Å²) in [5.74, 6) is -1.39. The number of hydrogen-bond acceptors (Lipinski definition) is 11. The Labute approximate surface area is 144 Å². The minimum atomic E-state index is -0.694. The molecule has 2 amide bonds. The summed E-state index contributed by atoms with van der Waals surface area (Å²) in [6.07, 6.45) is 0. The molecule has 0 saturated carbocycles. The number of rotatable bonds is 10. The number of aliphatic hydroxyl groups is 8. The Kier molecular flexibility index (Phi) is 25.6. The van der Waals surface area contributed by atoms with Crippen molar-refractivity contribution in [3.8, 4) is 0 Å². The Morgan fingerprint density at radius 2 is 0.880 bits per heavy atom. The molecule has 25 heavy (non-hydrogen) atoms. The zero-order valence-electron chi connectivity index (χ0n) is 13.8. The molecule has 0 aromatic heterocycles. The fraction of sp³-hybridized carbons (Fsp3) is 0.833. The lowest BCUT2D eigenvalue weighted by atomic mass is 10.6. The van der Waals surface area contributed by atoms with E-state index in [9.17, 15) is 9.59 Å². The largest absolute Gasteiger partial charge is 0.394 e. The van der Waals surface area contributed by atoms with Gasteiger partial charge in [-0.25, -0.2) is 0 Å². The molecule has 152 valence electrons. The minimum Gasteiger partial charge on any atom is -0.394 e. The van der Waals surface area contributed by atoms with E-state index >= 15 is 0 Å². The van der Waals surface area contributed by atoms with Crippen molar-refractivity contribution >= 4 is 11.8 Å². The van der Waals surface area contributed by atoms with Gasteiger partial charge in [0.2, 0.25) is 0 Å². The lowest BCUT2D eigenvalue weighted by Gasteiger charge is -2.13. The molecule has 8 N–H and O–H groups in total. The normalized spacial score (nSPS) is 9.28. The molecule has 0 aromatic carbocycles. The van der Waals surface area contributed by atoms with Crippen LogP contribution < -0.4 is 0 Å². The van der Waals surface area contributed by atoms with Crippen LogP contribution in [0.15, 0.2) is 0 Å². The highest BCUT2D eigenvalue weighted by atomic mass is 16.5. The smallest absolute Gasteiger partial charge is 0.251 e. The second-order valence-electron chi connectivity index (χ2n) is 3.81. The SMILES string of the molecule is O=C(CO)N(CO)CO.O=C(CO)N(CO)CO.OCCOCCO. The number of carbonyl (C=O) groups excluding carboxylic acids is 2. The average molecular weight is 376 g/mol. The molecule has 0 aliphatic heterocycles. The van der Waals surface area contributed by atoms with E-state index in [1.165, 1.54) is 0 Å². The molecule has 0 aliphatic carbocycles. The number of hydrogen-bond donors (Lipinski definition) is 8. The summed E-state index contributed by atoms with van der Waals surface area (Å²) in [5.41, 5.74) is 0. The summed E-state index contributed by atoms with van der Waals surface area (Å²) in [7, 11) is 0. The second-order valence-corrected chi connectivity index (χ2v) is 3.81. The highest BCUT2D eigenvalue weighted by molar-refractivity contribution is 5.77. The standard InChI is InChI=1S/2C4H9NO4.C4H10O3/c2*6-1-4(9)5(2-7)3-8;5-1-3-7-4-2-6/h2*6-8H,1-3H2;5-6H,1-4H2. The van der Waals surface area contributed by atoms with E-state index in [0.29, 0.717) is 23.0 Å². The van der Waals surface area contributed by atoms with Crippen LogP contribution in [0.2, 0.25) is 0 Å². The molecule has 0 aromatic rings. The number of ether oxygens (including phenoxy) is 1. The molecule has 13 heteroatoms. The molecule has 0 atom stereocenters. The molecule has 0 fully saturated rings. The van der Waals surface area contributed by atoms with Crippen LogP contribution in [0.5, 0.6) is 0 Å². The van der Waals surface area contributed by atoms with Crippen LogP contribution in [0.3, 0.4) is 0 Å². The van der Waals surface area contributed by atoms with Crippen LogP contribution >= 0.6 is 0 Å². The number of aliphatic hydroxyl groups excluding tert-OH is 8. The molecule has 0 spiro atoms. The highest BCUT2D eigenvalue weighted by Gasteiger charge is 2.08. The maximum Gasteiger partial charge on any atom is 0.251 e. The summed E-state index contributed by atoms with van der Waals surface area (Å²) in [6.45, 7) is -2.99. The van der Waals surface area contributed by atoms with Gasteiger partial charge in [-0.2, -0.15) is 0 Å². The van der Waals surface area contributed by atoms with Crippen LogP contribution in [-0.2, 0) is 14.3 Å². The van der Waals surface area contributed by atoms with Gasteiger partial charge in [0.1, 0.15) is 40.1 Å². The van der Waals surface area contributed by atoms with E-state index < -0.39 is 52.0 Å². The van der Waals surface area contributed by atoms with E-state index in [2.05, 4.69) is 4.74 Å². The average Bonchev–Trinajstić information content (AvgIpc) is 2.64. The van der Waals surface area contributed by atoms with Gasteiger partial charge < -0.3 is 45.6 Å². The maximum atomic E-state index is 10.3. The van der Waals surface area contributed by atoms with Crippen LogP contribution in [0.25, 0.3) is 0 Å². The van der Waals surface area contributed by atoms with Crippen LogP contribution in [0.1, 0.15) is 0 Å². The Bertz CT molecular complexity index is 271. The maximum absolute atomic E-state index is 10.3. The van der Waals surface area contributed by atoms with E-state index in [1.54, 1.807) is 0 Å². The van der Waals surface area contributed by atoms with Crippen molar-refractivity contribution in [3.63, 3.8) is 0 Å². The third-order valence-corrected chi connectivity index (χ3v) is 2.13. The summed E-state index contributed by atoms with van der Waals surface area (Å²) < 4.78 is 4.63. The van der Waals surface area contributed by atoms with Gasteiger partial charge in [0.05, 0.1) is 26.4 Å². The Morgan fingerprint density at radius 3 is 1.00 bits per heavy atom. The quantitative estimate of drug-likeness (QED) is 0.133. The second kappa shape index (κ2) is 22.6. The first-order valence-corrected chi connectivity index (χ1v) is 6.93. The number of nitrogens with zero attached hydrogens (tertiary/aromatic N) is 2. The van der Waals surface area contributed by atoms with Crippen LogP contribution in [0.4, 0.5) is 0 Å². The summed E-state index contributed by atoms with van der Waals surface area (Å²) in [5, 5.41) is 65.5. The number of carbonyl (C=O) groups is 2. The van der Waals surface area contributed by atoms with Gasteiger partial charge in [0.15, 0.2) is 0 Å². The van der Waals surface area contributed by atoms with Crippen molar-refractivity contribution < 1.29 is 55.2 Å². The molecule has 13 nitrogen and oxygen atoms in total. The Balaban J connectivity index is -0.000000293. The van der Waals surface area contributed by atoms with E-state index in [-0.39, 0.29) is 13.2 Å². The predicted octanol–water partition coefficient (Wildman–Crippen LogP) is -5.60. The zero-order valence-corrected chi connectivity index (χ0v) is 13.8. The molecular weight excluding hydrogens is 348 g/mol. The van der Waals surface area contributed by atoms with Crippen molar-refractivity contribution in [2.24, 2.45) is 0 Å². The molecule has 0 rings (SSSR count). The van der Waals surface area contributed by atoms with Gasteiger partial charge in [-0.05, 0) is 0 Å². The lowest BCUT2D eigenvalue weighted by molar-refractivity contribution is -0.143. The zero-order chi connectivity index (χ0) is 20.1. The summed E-state index contributed by atoms with van der Waals surface area (Å²) in [4.78, 5) is 22.0. The van der Waals surface area contributed by atoms with E-state index in [0.717, 1.165) is 0 Å². The first-order chi connectivity index (χ1) is 11.9. The van der Waals surface area contributed by atoms with E-state index in [4.69, 9.17) is 40.9 Å². The third-order valence-electron chi connectivity index (χ3n) is 2.13. The lowest BCUT2D eigenvalue weighted by Crippen LogP contribution is -2.34. The van der Waals surface area contributed by atoms with Gasteiger partial charge in [0, 0.05) is 0 Å². The fourth-order valence-corrected chi connectivity index (χ4v) is 0.836.